The van der Waals surface area contributed by atoms with Gasteiger partial charge in [0.25, 0.3) is 0 Å². The number of hydrogen-bond acceptors (Lipinski definition) is 8. The van der Waals surface area contributed by atoms with Crippen LogP contribution in [0, 0.1) is 23.4 Å². The summed E-state index contributed by atoms with van der Waals surface area (Å²) in [5.74, 6) is -7.21. The average molecular weight is 473 g/mol. The molecule has 2 aliphatic heterocycles. The number of aliphatic carboxylic acids is 1. The van der Waals surface area contributed by atoms with Crippen LogP contribution in [0.15, 0.2) is 18.3 Å². The summed E-state index contributed by atoms with van der Waals surface area (Å²) in [6, 6.07) is 0.341. The molecular weight excluding hydrogens is 451 g/mol. The van der Waals surface area contributed by atoms with Crippen LogP contribution in [0.1, 0.15) is 19.4 Å². The van der Waals surface area contributed by atoms with Crippen molar-refractivity contribution >= 4 is 5.97 Å². The van der Waals surface area contributed by atoms with Crippen molar-refractivity contribution < 1.29 is 47.5 Å². The van der Waals surface area contributed by atoms with Gasteiger partial charge in [0, 0.05) is 12.0 Å². The van der Waals surface area contributed by atoms with Gasteiger partial charge in [-0.15, -0.1) is 5.10 Å². The predicted octanol–water partition coefficient (Wildman–Crippen LogP) is 0.878. The SMILES string of the molecule is CC1CO[C@@]2(C1)O[C@H](CO)[C@H](O)[C@H](n1cc(-c3cc(F)c(F)c(F)c3)nn1)[C@H]2OCC(=O)O. The molecule has 1 spiro atoms. The zero-order valence-corrected chi connectivity index (χ0v) is 17.4. The predicted molar refractivity (Wildman–Crippen MR) is 102 cm³/mol. The fraction of sp³-hybridized carbons (Fsp3) is 0.550. The molecule has 0 aliphatic carbocycles. The molecule has 180 valence electrons. The lowest BCUT2D eigenvalue weighted by molar-refractivity contribution is -0.345. The lowest BCUT2D eigenvalue weighted by atomic mass is 9.87. The van der Waals surface area contributed by atoms with Gasteiger partial charge >= 0.3 is 5.97 Å². The standard InChI is InChI=1S/C20H22F3N3O7/c1-9-4-20(32-7-9)19(31-8-15(28)29)17(18(30)14(6-27)33-20)26-5-13(24-25-26)10-2-11(21)16(23)12(22)3-10/h2-3,5,9,14,17-19,27,30H,4,6-8H2,1H3,(H,28,29)/t9?,14-,17+,18+,19-,20+/m1/s1. The molecule has 0 saturated carbocycles. The molecule has 0 bridgehead atoms. The van der Waals surface area contributed by atoms with Crippen LogP contribution < -0.4 is 0 Å². The second kappa shape index (κ2) is 8.99. The lowest BCUT2D eigenvalue weighted by Crippen LogP contribution is -2.63. The molecule has 3 N–H and O–H groups in total. The van der Waals surface area contributed by atoms with E-state index in [4.69, 9.17) is 19.3 Å². The van der Waals surface area contributed by atoms with E-state index in [1.165, 1.54) is 6.20 Å². The van der Waals surface area contributed by atoms with E-state index in [9.17, 15) is 28.2 Å². The van der Waals surface area contributed by atoms with Gasteiger partial charge in [-0.05, 0) is 18.1 Å². The number of hydrogen-bond donors (Lipinski definition) is 3. The van der Waals surface area contributed by atoms with Crippen molar-refractivity contribution in [2.75, 3.05) is 19.8 Å². The second-order valence-electron chi connectivity index (χ2n) is 8.22. The molecule has 2 aromatic rings. The number of nitrogens with zero attached hydrogens (tertiary/aromatic N) is 3. The smallest absolute Gasteiger partial charge is 0.329 e. The van der Waals surface area contributed by atoms with Crippen LogP contribution in [-0.4, -0.2) is 80.2 Å². The molecule has 1 aromatic carbocycles. The first kappa shape index (κ1) is 23.6. The quantitative estimate of drug-likeness (QED) is 0.522. The van der Waals surface area contributed by atoms with Crippen molar-refractivity contribution in [2.24, 2.45) is 5.92 Å². The van der Waals surface area contributed by atoms with E-state index < -0.39 is 66.8 Å². The second-order valence-corrected chi connectivity index (χ2v) is 8.22. The monoisotopic (exact) mass is 473 g/mol. The summed E-state index contributed by atoms with van der Waals surface area (Å²) in [6.45, 7) is 0.825. The van der Waals surface area contributed by atoms with Crippen molar-refractivity contribution in [3.05, 3.63) is 35.8 Å². The minimum atomic E-state index is -1.63. The van der Waals surface area contributed by atoms with Crippen molar-refractivity contribution in [1.82, 2.24) is 15.0 Å². The Hall–Kier alpha value is -2.58. The molecule has 33 heavy (non-hydrogen) atoms. The Labute approximate surface area is 185 Å². The third kappa shape index (κ3) is 4.34. The van der Waals surface area contributed by atoms with E-state index >= 15 is 0 Å². The van der Waals surface area contributed by atoms with Crippen LogP contribution in [0.3, 0.4) is 0 Å². The third-order valence-electron chi connectivity index (χ3n) is 5.73. The molecule has 3 heterocycles. The Morgan fingerprint density at radius 1 is 1.33 bits per heavy atom. The van der Waals surface area contributed by atoms with Crippen LogP contribution in [0.4, 0.5) is 13.2 Å². The first-order chi connectivity index (χ1) is 15.6. The number of halogens is 3. The molecule has 4 rings (SSSR count). The summed E-state index contributed by atoms with van der Waals surface area (Å²) < 4.78 is 59.1. The summed E-state index contributed by atoms with van der Waals surface area (Å²) >= 11 is 0. The highest BCUT2D eigenvalue weighted by atomic mass is 19.2. The maximum absolute atomic E-state index is 13.7. The van der Waals surface area contributed by atoms with Crippen molar-refractivity contribution in [3.63, 3.8) is 0 Å². The first-order valence-corrected chi connectivity index (χ1v) is 10.2. The molecule has 2 saturated heterocycles. The number of aliphatic hydroxyl groups excluding tert-OH is 2. The molecule has 1 aromatic heterocycles. The van der Waals surface area contributed by atoms with Gasteiger partial charge in [0.1, 0.15) is 36.7 Å². The summed E-state index contributed by atoms with van der Waals surface area (Å²) in [5, 5.41) is 37.6. The van der Waals surface area contributed by atoms with Crippen LogP contribution in [0.25, 0.3) is 11.3 Å². The van der Waals surface area contributed by atoms with Gasteiger partial charge < -0.3 is 29.5 Å². The Balaban J connectivity index is 1.75. The molecule has 6 atom stereocenters. The maximum atomic E-state index is 13.7. The highest BCUT2D eigenvalue weighted by Crippen LogP contribution is 2.46. The van der Waals surface area contributed by atoms with Gasteiger partial charge in [0.15, 0.2) is 23.2 Å². The number of benzene rings is 1. The van der Waals surface area contributed by atoms with Gasteiger partial charge in [-0.2, -0.15) is 0 Å². The summed E-state index contributed by atoms with van der Waals surface area (Å²) in [4.78, 5) is 11.2. The number of carboxylic acids is 1. The minimum Gasteiger partial charge on any atom is -0.480 e. The molecule has 2 aliphatic rings. The molecule has 1 unspecified atom stereocenters. The van der Waals surface area contributed by atoms with Gasteiger partial charge in [0.05, 0.1) is 19.4 Å². The highest BCUT2D eigenvalue weighted by molar-refractivity contribution is 5.68. The van der Waals surface area contributed by atoms with Crippen LogP contribution in [0.5, 0.6) is 0 Å². The molecule has 13 heteroatoms. The number of aliphatic hydroxyl groups is 2. The average Bonchev–Trinajstić information content (AvgIpc) is 3.39. The summed E-state index contributed by atoms with van der Waals surface area (Å²) in [5.41, 5.74) is -0.153. The molecule has 2 fully saturated rings. The Morgan fingerprint density at radius 2 is 2.03 bits per heavy atom. The topological polar surface area (TPSA) is 136 Å². The zero-order chi connectivity index (χ0) is 23.9. The minimum absolute atomic E-state index is 0.00707. The van der Waals surface area contributed by atoms with E-state index in [2.05, 4.69) is 10.3 Å². The Morgan fingerprint density at radius 3 is 2.61 bits per heavy atom. The van der Waals surface area contributed by atoms with Gasteiger partial charge in [-0.1, -0.05) is 12.1 Å². The van der Waals surface area contributed by atoms with Crippen molar-refractivity contribution in [1.29, 1.82) is 0 Å². The largest absolute Gasteiger partial charge is 0.480 e. The highest BCUT2D eigenvalue weighted by Gasteiger charge is 2.59. The van der Waals surface area contributed by atoms with Gasteiger partial charge in [-0.25, -0.2) is 22.6 Å². The zero-order valence-electron chi connectivity index (χ0n) is 17.4. The first-order valence-electron chi connectivity index (χ1n) is 10.2. The fourth-order valence-electron chi connectivity index (χ4n) is 4.30. The maximum Gasteiger partial charge on any atom is 0.329 e. The van der Waals surface area contributed by atoms with E-state index in [1.807, 2.05) is 6.92 Å². The molecular formula is C20H22F3N3O7. The normalized spacial score (nSPS) is 31.9. The van der Waals surface area contributed by atoms with E-state index in [1.54, 1.807) is 0 Å². The number of ether oxygens (including phenoxy) is 3. The van der Waals surface area contributed by atoms with Crippen LogP contribution in [-0.2, 0) is 19.0 Å². The third-order valence-corrected chi connectivity index (χ3v) is 5.73. The van der Waals surface area contributed by atoms with Crippen LogP contribution in [0.2, 0.25) is 0 Å². The van der Waals surface area contributed by atoms with Gasteiger partial charge in [0.2, 0.25) is 0 Å². The molecule has 0 radical (unpaired) electrons. The molecule has 0 amide bonds. The fourth-order valence-corrected chi connectivity index (χ4v) is 4.30. The van der Waals surface area contributed by atoms with Crippen molar-refractivity contribution in [2.45, 2.75) is 43.5 Å². The van der Waals surface area contributed by atoms with E-state index in [-0.39, 0.29) is 30.2 Å². The number of carboxylic acid groups (broad SMARTS) is 1. The lowest BCUT2D eigenvalue weighted by Gasteiger charge is -2.49. The summed E-state index contributed by atoms with van der Waals surface area (Å²) in [6.07, 6.45) is -2.23. The van der Waals surface area contributed by atoms with Crippen LogP contribution >= 0.6 is 0 Å². The van der Waals surface area contributed by atoms with Crippen molar-refractivity contribution in [3.8, 4) is 11.3 Å². The van der Waals surface area contributed by atoms with Gasteiger partial charge in [-0.3, -0.25) is 0 Å². The van der Waals surface area contributed by atoms with E-state index in [0.29, 0.717) is 0 Å². The Bertz CT molecular complexity index is 1020. The Kier molecular flexibility index (Phi) is 6.42. The molecule has 10 nitrogen and oxygen atoms in total. The number of aromatic nitrogens is 3. The van der Waals surface area contributed by atoms with E-state index in [0.717, 1.165) is 16.8 Å². The summed E-state index contributed by atoms with van der Waals surface area (Å²) in [7, 11) is 0. The number of carbonyl (C=O) groups is 1. The number of rotatable bonds is 6.